The zero-order valence-corrected chi connectivity index (χ0v) is 29.6. The van der Waals surface area contributed by atoms with Gasteiger partial charge >= 0.3 is 11.9 Å². The summed E-state index contributed by atoms with van der Waals surface area (Å²) in [6, 6.07) is 27.1. The third kappa shape index (κ3) is 8.71. The number of anilines is 1. The zero-order chi connectivity index (χ0) is 36.8. The summed E-state index contributed by atoms with van der Waals surface area (Å²) in [6.45, 7) is 7.30. The standard InChI is InChI=1S/C41H42N2O9/c1-26(43(21-11-14-27-12-7-5-8-13-27)39(46)37-32(24-36(44)51-37)40(47)52-41(2,3)4)31(28-17-19-33-35(22-28)49-25-48-33)23-30-18-20-34(50-30)38(45)42-29-15-9-6-10-16-29/h5-20,22,26,31-32,37H,21,23-25H2,1-4H3,(H,42,45)/b14-11+/t26-,31+,32?,37?/m1/s1. The first-order chi connectivity index (χ1) is 24.9. The third-order valence-corrected chi connectivity index (χ3v) is 8.90. The molecule has 6 rings (SSSR count). The van der Waals surface area contributed by atoms with Crippen LogP contribution in [0.3, 0.4) is 0 Å². The summed E-state index contributed by atoms with van der Waals surface area (Å²) < 4.78 is 28.5. The maximum atomic E-state index is 14.6. The summed E-state index contributed by atoms with van der Waals surface area (Å²) in [5.41, 5.74) is 1.56. The number of rotatable bonds is 12. The fraction of sp³-hybridized carbons (Fsp3) is 0.317. The highest BCUT2D eigenvalue weighted by Gasteiger charge is 2.48. The predicted molar refractivity (Wildman–Crippen MR) is 193 cm³/mol. The SMILES string of the molecule is C[C@H]([C@H](Cc1ccc(C(=O)Nc2ccccc2)o1)c1ccc2c(c1)OCO2)N(C/C=C/c1ccccc1)C(=O)C1OC(=O)CC1C(=O)OC(C)(C)C. The molecule has 2 aliphatic rings. The minimum atomic E-state index is -1.37. The molecule has 2 unspecified atom stereocenters. The first kappa shape index (κ1) is 36.0. The monoisotopic (exact) mass is 706 g/mol. The molecule has 1 saturated heterocycles. The van der Waals surface area contributed by atoms with Crippen molar-refractivity contribution >= 4 is 35.5 Å². The fourth-order valence-electron chi connectivity index (χ4n) is 6.32. The van der Waals surface area contributed by atoms with Gasteiger partial charge in [0.2, 0.25) is 6.79 Å². The highest BCUT2D eigenvalue weighted by atomic mass is 16.7. The van der Waals surface area contributed by atoms with Crippen molar-refractivity contribution < 1.29 is 42.5 Å². The van der Waals surface area contributed by atoms with Gasteiger partial charge in [-0.15, -0.1) is 0 Å². The summed E-state index contributed by atoms with van der Waals surface area (Å²) in [4.78, 5) is 55.1. The second-order valence-corrected chi connectivity index (χ2v) is 13.8. The van der Waals surface area contributed by atoms with E-state index in [4.69, 9.17) is 23.4 Å². The number of carbonyl (C=O) groups is 4. The predicted octanol–water partition coefficient (Wildman–Crippen LogP) is 6.79. The van der Waals surface area contributed by atoms with Gasteiger partial charge in [0, 0.05) is 30.6 Å². The second-order valence-electron chi connectivity index (χ2n) is 13.8. The van der Waals surface area contributed by atoms with Gasteiger partial charge in [0.25, 0.3) is 11.8 Å². The van der Waals surface area contributed by atoms with Gasteiger partial charge in [0.05, 0.1) is 6.42 Å². The fourth-order valence-corrected chi connectivity index (χ4v) is 6.32. The molecular weight excluding hydrogens is 664 g/mol. The lowest BCUT2D eigenvalue weighted by Crippen LogP contribution is -2.50. The van der Waals surface area contributed by atoms with E-state index in [0.717, 1.165) is 11.1 Å². The Labute approximate surface area is 302 Å². The lowest BCUT2D eigenvalue weighted by molar-refractivity contribution is -0.167. The average Bonchev–Trinajstić information content (AvgIpc) is 3.88. The number of nitrogens with zero attached hydrogens (tertiary/aromatic N) is 1. The molecule has 0 aliphatic carbocycles. The number of furan rings is 1. The van der Waals surface area contributed by atoms with Crippen molar-refractivity contribution in [3.05, 3.63) is 120 Å². The van der Waals surface area contributed by atoms with Crippen molar-refractivity contribution in [3.63, 3.8) is 0 Å². The second kappa shape index (κ2) is 15.6. The number of carbonyl (C=O) groups excluding carboxylic acids is 4. The Morgan fingerprint density at radius 1 is 0.942 bits per heavy atom. The molecule has 1 N–H and O–H groups in total. The molecule has 52 heavy (non-hydrogen) atoms. The molecule has 3 heterocycles. The number of esters is 2. The maximum absolute atomic E-state index is 14.6. The normalized spacial score (nSPS) is 17.7. The van der Waals surface area contributed by atoms with Crippen molar-refractivity contribution in [2.24, 2.45) is 5.92 Å². The molecule has 11 nitrogen and oxygen atoms in total. The number of cyclic esters (lactones) is 1. The van der Waals surface area contributed by atoms with Crippen LogP contribution >= 0.6 is 0 Å². The summed E-state index contributed by atoms with van der Waals surface area (Å²) in [5.74, 6) is -1.96. The number of benzene rings is 3. The zero-order valence-electron chi connectivity index (χ0n) is 29.6. The molecule has 2 amide bonds. The van der Waals surface area contributed by atoms with Crippen LogP contribution in [0.4, 0.5) is 5.69 Å². The van der Waals surface area contributed by atoms with Crippen LogP contribution in [0.2, 0.25) is 0 Å². The van der Waals surface area contributed by atoms with Gasteiger partial charge in [0.1, 0.15) is 17.3 Å². The molecule has 0 saturated carbocycles. The van der Waals surface area contributed by atoms with E-state index in [-0.39, 0.29) is 31.9 Å². The van der Waals surface area contributed by atoms with E-state index in [2.05, 4.69) is 5.32 Å². The van der Waals surface area contributed by atoms with Gasteiger partial charge in [-0.3, -0.25) is 19.2 Å². The van der Waals surface area contributed by atoms with E-state index >= 15 is 0 Å². The largest absolute Gasteiger partial charge is 0.460 e. The smallest absolute Gasteiger partial charge is 0.314 e. The minimum Gasteiger partial charge on any atom is -0.460 e. The van der Waals surface area contributed by atoms with Crippen molar-refractivity contribution in [3.8, 4) is 11.5 Å². The van der Waals surface area contributed by atoms with Gasteiger partial charge in [-0.05, 0) is 75.2 Å². The molecule has 0 spiro atoms. The summed E-state index contributed by atoms with van der Waals surface area (Å²) >= 11 is 0. The number of fused-ring (bicyclic) bond motifs is 1. The van der Waals surface area contributed by atoms with Crippen molar-refractivity contribution in [2.75, 3.05) is 18.7 Å². The highest BCUT2D eigenvalue weighted by Crippen LogP contribution is 2.38. The van der Waals surface area contributed by atoms with Gasteiger partial charge in [-0.25, -0.2) is 0 Å². The van der Waals surface area contributed by atoms with Gasteiger partial charge in [-0.2, -0.15) is 0 Å². The van der Waals surface area contributed by atoms with Crippen LogP contribution in [-0.4, -0.2) is 59.7 Å². The van der Waals surface area contributed by atoms with Crippen molar-refractivity contribution in [1.29, 1.82) is 0 Å². The van der Waals surface area contributed by atoms with E-state index < -0.39 is 53.3 Å². The molecule has 4 atom stereocenters. The van der Waals surface area contributed by atoms with Gasteiger partial charge in [0.15, 0.2) is 23.4 Å². The summed E-state index contributed by atoms with van der Waals surface area (Å²) in [6.07, 6.45) is 2.41. The molecule has 3 aromatic carbocycles. The number of amides is 2. The van der Waals surface area contributed by atoms with Crippen LogP contribution in [0, 0.1) is 5.92 Å². The number of nitrogens with one attached hydrogen (secondary N) is 1. The lowest BCUT2D eigenvalue weighted by Gasteiger charge is -2.36. The molecule has 4 aromatic rings. The Bertz CT molecular complexity index is 1930. The molecule has 1 aromatic heterocycles. The number of hydrogen-bond acceptors (Lipinski definition) is 9. The third-order valence-electron chi connectivity index (χ3n) is 8.90. The molecule has 2 aliphatic heterocycles. The van der Waals surface area contributed by atoms with Gasteiger partial charge < -0.3 is 33.6 Å². The van der Waals surface area contributed by atoms with Crippen LogP contribution in [0.5, 0.6) is 11.5 Å². The molecular formula is C41H42N2O9. The number of para-hydroxylation sites is 1. The first-order valence-electron chi connectivity index (χ1n) is 17.2. The number of ether oxygens (including phenoxy) is 4. The molecule has 1 fully saturated rings. The molecule has 270 valence electrons. The number of hydrogen-bond donors (Lipinski definition) is 1. The van der Waals surface area contributed by atoms with E-state index in [9.17, 15) is 19.2 Å². The molecule has 0 bridgehead atoms. The van der Waals surface area contributed by atoms with E-state index in [1.165, 1.54) is 0 Å². The summed E-state index contributed by atoms with van der Waals surface area (Å²) in [5, 5.41) is 2.84. The summed E-state index contributed by atoms with van der Waals surface area (Å²) in [7, 11) is 0. The maximum Gasteiger partial charge on any atom is 0.314 e. The Morgan fingerprint density at radius 3 is 2.38 bits per heavy atom. The highest BCUT2D eigenvalue weighted by molar-refractivity contribution is 6.02. The molecule has 0 radical (unpaired) electrons. The quantitative estimate of drug-likeness (QED) is 0.158. The van der Waals surface area contributed by atoms with Crippen molar-refractivity contribution in [2.45, 2.75) is 64.2 Å². The average molecular weight is 707 g/mol. The van der Waals surface area contributed by atoms with Crippen LogP contribution in [0.15, 0.2) is 101 Å². The van der Waals surface area contributed by atoms with Crippen LogP contribution < -0.4 is 14.8 Å². The Hall–Kier alpha value is -5.84. The topological polar surface area (TPSA) is 134 Å². The van der Waals surface area contributed by atoms with Crippen LogP contribution in [-0.2, 0) is 30.3 Å². The van der Waals surface area contributed by atoms with E-state index in [1.807, 2.05) is 85.8 Å². The first-order valence-corrected chi connectivity index (χ1v) is 17.2. The van der Waals surface area contributed by atoms with E-state index in [0.29, 0.717) is 22.9 Å². The van der Waals surface area contributed by atoms with E-state index in [1.54, 1.807) is 49.9 Å². The Kier molecular flexibility index (Phi) is 10.8. The minimum absolute atomic E-state index is 0.0884. The Morgan fingerprint density at radius 2 is 1.65 bits per heavy atom. The van der Waals surface area contributed by atoms with Gasteiger partial charge in [-0.1, -0.05) is 66.7 Å². The van der Waals surface area contributed by atoms with Crippen LogP contribution in [0.1, 0.15) is 67.5 Å². The lowest BCUT2D eigenvalue weighted by atomic mass is 9.86. The van der Waals surface area contributed by atoms with Crippen LogP contribution in [0.25, 0.3) is 6.08 Å². The van der Waals surface area contributed by atoms with Crippen molar-refractivity contribution in [1.82, 2.24) is 4.90 Å². The Balaban J connectivity index is 1.33. The molecule has 11 heteroatoms.